The molecule has 2 rings (SSSR count). The normalized spacial score (nSPS) is 16.9. The van der Waals surface area contributed by atoms with E-state index in [2.05, 4.69) is 5.16 Å². The Balaban J connectivity index is 2.23. The average Bonchev–Trinajstić information content (AvgIpc) is 2.54. The van der Waals surface area contributed by atoms with Crippen molar-refractivity contribution in [1.29, 1.82) is 0 Å². The van der Waals surface area contributed by atoms with Gasteiger partial charge in [-0.3, -0.25) is 0 Å². The lowest BCUT2D eigenvalue weighted by molar-refractivity contribution is 0.160. The highest BCUT2D eigenvalue weighted by Crippen LogP contribution is 2.27. The summed E-state index contributed by atoms with van der Waals surface area (Å²) in [5.41, 5.74) is 0. The number of thioether (sulfide) groups is 1. The highest BCUT2D eigenvalue weighted by molar-refractivity contribution is 8.14. The van der Waals surface area contributed by atoms with Crippen molar-refractivity contribution in [2.75, 3.05) is 12.4 Å². The summed E-state index contributed by atoms with van der Waals surface area (Å²) in [5, 5.41) is 4.89. The van der Waals surface area contributed by atoms with Gasteiger partial charge >= 0.3 is 0 Å². The van der Waals surface area contributed by atoms with Gasteiger partial charge in [-0.1, -0.05) is 28.5 Å². The average molecular weight is 220 g/mol. The third kappa shape index (κ3) is 1.76. The van der Waals surface area contributed by atoms with Crippen LogP contribution < -0.4 is 0 Å². The molecule has 0 amide bonds. The van der Waals surface area contributed by atoms with Crippen molar-refractivity contribution >= 4 is 39.7 Å². The van der Waals surface area contributed by atoms with Crippen molar-refractivity contribution in [1.82, 2.24) is 0 Å². The van der Waals surface area contributed by atoms with E-state index in [1.54, 1.807) is 11.8 Å². The molecule has 2 nitrogen and oxygen atoms in total. The highest BCUT2D eigenvalue weighted by atomic mass is 35.5. The van der Waals surface area contributed by atoms with Crippen LogP contribution in [-0.2, 0) is 4.84 Å². The van der Waals surface area contributed by atoms with Gasteiger partial charge in [0.25, 0.3) is 0 Å². The first-order chi connectivity index (χ1) is 5.86. The number of hydrogen-bond acceptors (Lipinski definition) is 4. The molecule has 0 fully saturated rings. The molecule has 5 heteroatoms. The van der Waals surface area contributed by atoms with E-state index in [1.165, 1.54) is 11.3 Å². The van der Waals surface area contributed by atoms with E-state index in [1.807, 2.05) is 12.1 Å². The molecule has 64 valence electrons. The number of hydrogen-bond donors (Lipinski definition) is 0. The Morgan fingerprint density at radius 3 is 3.00 bits per heavy atom. The van der Waals surface area contributed by atoms with Crippen LogP contribution in [0.2, 0.25) is 4.34 Å². The quantitative estimate of drug-likeness (QED) is 0.725. The van der Waals surface area contributed by atoms with Gasteiger partial charge in [0.2, 0.25) is 0 Å². The molecule has 0 N–H and O–H groups in total. The minimum Gasteiger partial charge on any atom is -0.394 e. The molecule has 2 heterocycles. The zero-order valence-electron chi connectivity index (χ0n) is 6.12. The topological polar surface area (TPSA) is 21.6 Å². The second-order valence-electron chi connectivity index (χ2n) is 2.18. The monoisotopic (exact) mass is 219 g/mol. The first-order valence-electron chi connectivity index (χ1n) is 3.45. The molecule has 0 spiro atoms. The lowest BCUT2D eigenvalue weighted by Crippen LogP contribution is -2.05. The van der Waals surface area contributed by atoms with E-state index in [9.17, 15) is 0 Å². The van der Waals surface area contributed by atoms with Gasteiger partial charge in [-0.2, -0.15) is 0 Å². The second kappa shape index (κ2) is 3.68. The molecule has 0 saturated carbocycles. The summed E-state index contributed by atoms with van der Waals surface area (Å²) in [5.74, 6) is 0.967. The predicted molar refractivity (Wildman–Crippen MR) is 54.3 cm³/mol. The number of rotatable bonds is 1. The molecular weight excluding hydrogens is 214 g/mol. The maximum atomic E-state index is 5.79. The van der Waals surface area contributed by atoms with Gasteiger partial charge < -0.3 is 4.84 Å². The molecule has 1 aliphatic rings. The van der Waals surface area contributed by atoms with Crippen LogP contribution >= 0.6 is 34.7 Å². The predicted octanol–water partition coefficient (Wildman–Crippen LogP) is 2.83. The molecule has 0 radical (unpaired) electrons. The number of nitrogens with zero attached hydrogens (tertiary/aromatic N) is 1. The standard InChI is InChI=1S/C7H6ClNOS2/c8-6-2-1-5(12-6)7-9-10-3-4-11-7/h1-2H,3-4H2. The largest absolute Gasteiger partial charge is 0.394 e. The third-order valence-corrected chi connectivity index (χ3v) is 3.65. The Morgan fingerprint density at radius 2 is 2.42 bits per heavy atom. The first-order valence-corrected chi connectivity index (χ1v) is 5.63. The summed E-state index contributed by atoms with van der Waals surface area (Å²) in [6.07, 6.45) is 0. The van der Waals surface area contributed by atoms with Crippen molar-refractivity contribution in [3.63, 3.8) is 0 Å². The maximum Gasteiger partial charge on any atom is 0.153 e. The Morgan fingerprint density at radius 1 is 1.50 bits per heavy atom. The Hall–Kier alpha value is -0.190. The SMILES string of the molecule is Clc1ccc(C2=NOCCS2)s1. The van der Waals surface area contributed by atoms with E-state index in [0.29, 0.717) is 6.61 Å². The fraction of sp³-hybridized carbons (Fsp3) is 0.286. The smallest absolute Gasteiger partial charge is 0.153 e. The van der Waals surface area contributed by atoms with Crippen LogP contribution in [0.25, 0.3) is 0 Å². The number of oxime groups is 1. The van der Waals surface area contributed by atoms with Crippen LogP contribution in [0.1, 0.15) is 4.88 Å². The Labute approximate surface area is 83.6 Å². The van der Waals surface area contributed by atoms with Crippen LogP contribution in [0.5, 0.6) is 0 Å². The van der Waals surface area contributed by atoms with E-state index >= 15 is 0 Å². The van der Waals surface area contributed by atoms with Gasteiger partial charge in [-0.05, 0) is 12.1 Å². The lowest BCUT2D eigenvalue weighted by atomic mass is 10.5. The summed E-state index contributed by atoms with van der Waals surface area (Å²) in [7, 11) is 0. The van der Waals surface area contributed by atoms with Crippen LogP contribution in [0, 0.1) is 0 Å². The zero-order chi connectivity index (χ0) is 8.39. The van der Waals surface area contributed by atoms with Crippen molar-refractivity contribution < 1.29 is 4.84 Å². The first kappa shape index (κ1) is 8.41. The van der Waals surface area contributed by atoms with Gasteiger partial charge in [0.05, 0.1) is 9.21 Å². The molecule has 1 aromatic rings. The molecule has 0 atom stereocenters. The maximum absolute atomic E-state index is 5.79. The van der Waals surface area contributed by atoms with Crippen molar-refractivity contribution in [3.05, 3.63) is 21.3 Å². The van der Waals surface area contributed by atoms with E-state index < -0.39 is 0 Å². The van der Waals surface area contributed by atoms with Gasteiger partial charge in [0.1, 0.15) is 6.61 Å². The van der Waals surface area contributed by atoms with E-state index in [4.69, 9.17) is 16.4 Å². The summed E-state index contributed by atoms with van der Waals surface area (Å²) < 4.78 is 0.791. The van der Waals surface area contributed by atoms with E-state index in [0.717, 1.165) is 20.0 Å². The Bertz CT molecular complexity index is 310. The van der Waals surface area contributed by atoms with Crippen LogP contribution in [0.3, 0.4) is 0 Å². The van der Waals surface area contributed by atoms with Crippen molar-refractivity contribution in [3.8, 4) is 0 Å². The van der Waals surface area contributed by atoms with Crippen molar-refractivity contribution in [2.45, 2.75) is 0 Å². The third-order valence-electron chi connectivity index (χ3n) is 1.34. The molecular formula is C7H6ClNOS2. The fourth-order valence-electron chi connectivity index (χ4n) is 0.852. The van der Waals surface area contributed by atoms with Crippen LogP contribution in [-0.4, -0.2) is 17.4 Å². The van der Waals surface area contributed by atoms with Gasteiger partial charge in [0, 0.05) is 5.75 Å². The van der Waals surface area contributed by atoms with Gasteiger partial charge in [-0.25, -0.2) is 0 Å². The summed E-state index contributed by atoms with van der Waals surface area (Å²) >= 11 is 9.03. The lowest BCUT2D eigenvalue weighted by Gasteiger charge is -2.08. The molecule has 12 heavy (non-hydrogen) atoms. The van der Waals surface area contributed by atoms with E-state index in [-0.39, 0.29) is 0 Å². The highest BCUT2D eigenvalue weighted by Gasteiger charge is 2.11. The fourth-order valence-corrected chi connectivity index (χ4v) is 2.74. The minimum absolute atomic E-state index is 0.702. The molecule has 1 aromatic heterocycles. The Kier molecular flexibility index (Phi) is 2.58. The van der Waals surface area contributed by atoms with Gasteiger partial charge in [0.15, 0.2) is 5.04 Å². The summed E-state index contributed by atoms with van der Waals surface area (Å²) in [4.78, 5) is 6.06. The second-order valence-corrected chi connectivity index (χ2v) is 4.98. The summed E-state index contributed by atoms with van der Waals surface area (Å²) in [6, 6.07) is 3.84. The molecule has 0 saturated heterocycles. The molecule has 0 unspecified atom stereocenters. The number of thiophene rings is 1. The van der Waals surface area contributed by atoms with Crippen molar-refractivity contribution in [2.24, 2.45) is 5.16 Å². The summed E-state index contributed by atoms with van der Waals surface area (Å²) in [6.45, 7) is 0.702. The number of halogens is 1. The molecule has 0 aromatic carbocycles. The van der Waals surface area contributed by atoms with Gasteiger partial charge in [-0.15, -0.1) is 11.3 Å². The minimum atomic E-state index is 0.702. The molecule has 0 aliphatic carbocycles. The molecule has 0 bridgehead atoms. The zero-order valence-corrected chi connectivity index (χ0v) is 8.51. The van der Waals surface area contributed by atoms with Crippen LogP contribution in [0.15, 0.2) is 17.3 Å². The molecule has 1 aliphatic heterocycles. The van der Waals surface area contributed by atoms with Crippen LogP contribution in [0.4, 0.5) is 0 Å².